The van der Waals surface area contributed by atoms with Crippen molar-refractivity contribution in [2.75, 3.05) is 0 Å². The zero-order chi connectivity index (χ0) is 14.8. The van der Waals surface area contributed by atoms with Gasteiger partial charge in [0, 0.05) is 0 Å². The second kappa shape index (κ2) is 9.13. The first-order chi connectivity index (χ1) is 9.58. The first-order valence-corrected chi connectivity index (χ1v) is 7.12. The highest BCUT2D eigenvalue weighted by Crippen LogP contribution is 2.06. The summed E-state index contributed by atoms with van der Waals surface area (Å²) >= 11 is 0. The fourth-order valence-corrected chi connectivity index (χ4v) is 1.86. The summed E-state index contributed by atoms with van der Waals surface area (Å²) in [5, 5.41) is 0. The Morgan fingerprint density at radius 1 is 1.35 bits per heavy atom. The molecule has 1 atom stereocenters. The second-order valence-electron chi connectivity index (χ2n) is 5.13. The van der Waals surface area contributed by atoms with Gasteiger partial charge in [0.05, 0.1) is 6.42 Å². The molecule has 108 valence electrons. The van der Waals surface area contributed by atoms with Crippen molar-refractivity contribution in [3.05, 3.63) is 60.2 Å². The molecule has 0 heterocycles. The predicted molar refractivity (Wildman–Crippen MR) is 83.5 cm³/mol. The SMILES string of the molecule is C=C(C)CCC/C=C/C(C)OC(=O)Cc1ccccc1. The van der Waals surface area contributed by atoms with E-state index in [1.54, 1.807) is 0 Å². The molecule has 0 radical (unpaired) electrons. The lowest BCUT2D eigenvalue weighted by Gasteiger charge is -2.09. The maximum absolute atomic E-state index is 11.7. The van der Waals surface area contributed by atoms with Crippen molar-refractivity contribution in [3.8, 4) is 0 Å². The van der Waals surface area contributed by atoms with Gasteiger partial charge < -0.3 is 4.74 Å². The number of carbonyl (C=O) groups excluding carboxylic acids is 1. The Morgan fingerprint density at radius 2 is 2.05 bits per heavy atom. The molecule has 0 aliphatic rings. The van der Waals surface area contributed by atoms with Crippen LogP contribution in [0.15, 0.2) is 54.6 Å². The maximum Gasteiger partial charge on any atom is 0.310 e. The van der Waals surface area contributed by atoms with Gasteiger partial charge in [-0.05, 0) is 44.7 Å². The van der Waals surface area contributed by atoms with Crippen molar-refractivity contribution >= 4 is 5.97 Å². The maximum atomic E-state index is 11.7. The summed E-state index contributed by atoms with van der Waals surface area (Å²) in [6.07, 6.45) is 7.31. The third-order valence-corrected chi connectivity index (χ3v) is 2.89. The zero-order valence-corrected chi connectivity index (χ0v) is 12.5. The number of rotatable bonds is 8. The van der Waals surface area contributed by atoms with Gasteiger partial charge in [-0.2, -0.15) is 0 Å². The van der Waals surface area contributed by atoms with Crippen molar-refractivity contribution < 1.29 is 9.53 Å². The lowest BCUT2D eigenvalue weighted by molar-refractivity contribution is -0.145. The molecular formula is C18H24O2. The number of benzene rings is 1. The fraction of sp³-hybridized carbons (Fsp3) is 0.389. The smallest absolute Gasteiger partial charge is 0.310 e. The van der Waals surface area contributed by atoms with E-state index >= 15 is 0 Å². The first kappa shape index (κ1) is 16.2. The topological polar surface area (TPSA) is 26.3 Å². The highest BCUT2D eigenvalue weighted by molar-refractivity contribution is 5.72. The number of carbonyl (C=O) groups is 1. The van der Waals surface area contributed by atoms with Crippen LogP contribution in [0.3, 0.4) is 0 Å². The van der Waals surface area contributed by atoms with Crippen LogP contribution in [0.25, 0.3) is 0 Å². The van der Waals surface area contributed by atoms with Crippen LogP contribution in [0.4, 0.5) is 0 Å². The minimum absolute atomic E-state index is 0.170. The van der Waals surface area contributed by atoms with Crippen molar-refractivity contribution in [1.29, 1.82) is 0 Å². The van der Waals surface area contributed by atoms with Crippen molar-refractivity contribution in [2.45, 2.75) is 45.6 Å². The van der Waals surface area contributed by atoms with E-state index in [0.717, 1.165) is 24.8 Å². The van der Waals surface area contributed by atoms with Gasteiger partial charge in [-0.3, -0.25) is 4.79 Å². The molecule has 2 heteroatoms. The Kier molecular flexibility index (Phi) is 7.41. The molecular weight excluding hydrogens is 248 g/mol. The van der Waals surface area contributed by atoms with Crippen LogP contribution in [0.5, 0.6) is 0 Å². The standard InChI is InChI=1S/C18H24O2/c1-15(2)10-6-4-7-11-16(3)20-18(19)14-17-12-8-5-9-13-17/h5,7-9,11-13,16H,1,4,6,10,14H2,2-3H3/b11-7+. The monoisotopic (exact) mass is 272 g/mol. The lowest BCUT2D eigenvalue weighted by atomic mass is 10.1. The largest absolute Gasteiger partial charge is 0.458 e. The molecule has 0 spiro atoms. The molecule has 0 aliphatic carbocycles. The highest BCUT2D eigenvalue weighted by atomic mass is 16.5. The number of esters is 1. The van der Waals surface area contributed by atoms with Crippen LogP contribution in [0.2, 0.25) is 0 Å². The number of unbranched alkanes of at least 4 members (excludes halogenated alkanes) is 1. The van der Waals surface area contributed by atoms with E-state index in [0.29, 0.717) is 6.42 Å². The molecule has 20 heavy (non-hydrogen) atoms. The Balaban J connectivity index is 2.24. The van der Waals surface area contributed by atoms with Crippen LogP contribution >= 0.6 is 0 Å². The Morgan fingerprint density at radius 3 is 2.70 bits per heavy atom. The fourth-order valence-electron chi connectivity index (χ4n) is 1.86. The van der Waals surface area contributed by atoms with Gasteiger partial charge in [0.25, 0.3) is 0 Å². The zero-order valence-electron chi connectivity index (χ0n) is 12.5. The molecule has 1 unspecified atom stereocenters. The number of ether oxygens (including phenoxy) is 1. The molecule has 0 bridgehead atoms. The van der Waals surface area contributed by atoms with Crippen LogP contribution in [-0.2, 0) is 16.0 Å². The highest BCUT2D eigenvalue weighted by Gasteiger charge is 2.07. The average Bonchev–Trinajstić information content (AvgIpc) is 2.38. The van der Waals surface area contributed by atoms with Gasteiger partial charge in [-0.15, -0.1) is 6.58 Å². The first-order valence-electron chi connectivity index (χ1n) is 7.12. The molecule has 2 nitrogen and oxygen atoms in total. The second-order valence-corrected chi connectivity index (χ2v) is 5.13. The summed E-state index contributed by atoms with van der Waals surface area (Å²) in [7, 11) is 0. The summed E-state index contributed by atoms with van der Waals surface area (Å²) in [6.45, 7) is 7.80. The minimum Gasteiger partial charge on any atom is -0.458 e. The van der Waals surface area contributed by atoms with Gasteiger partial charge >= 0.3 is 5.97 Å². The molecule has 1 rings (SSSR count). The molecule has 0 saturated carbocycles. The van der Waals surface area contributed by atoms with Gasteiger partial charge in [0.1, 0.15) is 6.10 Å². The van der Waals surface area contributed by atoms with E-state index in [9.17, 15) is 4.79 Å². The van der Waals surface area contributed by atoms with E-state index in [-0.39, 0.29) is 12.1 Å². The Bertz CT molecular complexity index is 446. The average molecular weight is 272 g/mol. The number of hydrogen-bond acceptors (Lipinski definition) is 2. The summed E-state index contributed by atoms with van der Waals surface area (Å²) < 4.78 is 5.34. The van der Waals surface area contributed by atoms with Crippen LogP contribution < -0.4 is 0 Å². The van der Waals surface area contributed by atoms with E-state index in [1.807, 2.05) is 50.3 Å². The molecule has 0 N–H and O–H groups in total. The van der Waals surface area contributed by atoms with E-state index in [2.05, 4.69) is 12.7 Å². The van der Waals surface area contributed by atoms with Crippen LogP contribution in [0, 0.1) is 0 Å². The normalized spacial score (nSPS) is 12.3. The van der Waals surface area contributed by atoms with Crippen molar-refractivity contribution in [3.63, 3.8) is 0 Å². The predicted octanol–water partition coefficient (Wildman–Crippen LogP) is 4.46. The molecule has 1 aromatic carbocycles. The van der Waals surface area contributed by atoms with E-state index in [4.69, 9.17) is 4.74 Å². The van der Waals surface area contributed by atoms with Crippen molar-refractivity contribution in [1.82, 2.24) is 0 Å². The summed E-state index contributed by atoms with van der Waals surface area (Å²) in [5.41, 5.74) is 2.19. The molecule has 0 amide bonds. The molecule has 0 aliphatic heterocycles. The van der Waals surface area contributed by atoms with Gasteiger partial charge in [0.15, 0.2) is 0 Å². The molecule has 0 aromatic heterocycles. The van der Waals surface area contributed by atoms with E-state index < -0.39 is 0 Å². The third kappa shape index (κ3) is 7.57. The number of allylic oxidation sites excluding steroid dienone is 2. The summed E-state index contributed by atoms with van der Waals surface area (Å²) in [4.78, 5) is 11.7. The minimum atomic E-state index is -0.185. The van der Waals surface area contributed by atoms with Gasteiger partial charge in [-0.1, -0.05) is 42.0 Å². The van der Waals surface area contributed by atoms with Gasteiger partial charge in [0.2, 0.25) is 0 Å². The Hall–Kier alpha value is -1.83. The molecule has 1 aromatic rings. The quantitative estimate of drug-likeness (QED) is 0.396. The summed E-state index contributed by atoms with van der Waals surface area (Å²) in [5.74, 6) is -0.185. The molecule has 0 fully saturated rings. The van der Waals surface area contributed by atoms with Crippen molar-refractivity contribution in [2.24, 2.45) is 0 Å². The lowest BCUT2D eigenvalue weighted by Crippen LogP contribution is -2.14. The number of hydrogen-bond donors (Lipinski definition) is 0. The van der Waals surface area contributed by atoms with Crippen LogP contribution in [0.1, 0.15) is 38.7 Å². The van der Waals surface area contributed by atoms with E-state index in [1.165, 1.54) is 5.57 Å². The van der Waals surface area contributed by atoms with Gasteiger partial charge in [-0.25, -0.2) is 0 Å². The molecule has 0 saturated heterocycles. The Labute approximate surface area is 122 Å². The third-order valence-electron chi connectivity index (χ3n) is 2.89. The summed E-state index contributed by atoms with van der Waals surface area (Å²) in [6, 6.07) is 9.64. The van der Waals surface area contributed by atoms with Crippen LogP contribution in [-0.4, -0.2) is 12.1 Å².